The smallest absolute Gasteiger partial charge is 0.0589 e. The summed E-state index contributed by atoms with van der Waals surface area (Å²) in [4.78, 5) is 0.612. The predicted molar refractivity (Wildman–Crippen MR) is 84.7 cm³/mol. The van der Waals surface area contributed by atoms with E-state index < -0.39 is 10.8 Å². The summed E-state index contributed by atoms with van der Waals surface area (Å²) in [7, 11) is -1.16. The van der Waals surface area contributed by atoms with Crippen LogP contribution in [0.4, 0.5) is 0 Å². The molecule has 0 aromatic heterocycles. The van der Waals surface area contributed by atoms with Crippen LogP contribution >= 0.6 is 23.2 Å². The van der Waals surface area contributed by atoms with Crippen molar-refractivity contribution < 1.29 is 4.21 Å². The summed E-state index contributed by atoms with van der Waals surface area (Å²) >= 11 is 12.0. The molecule has 0 aliphatic heterocycles. The van der Waals surface area contributed by atoms with Crippen LogP contribution in [0.5, 0.6) is 0 Å². The maximum Gasteiger partial charge on any atom is 0.0589 e. The van der Waals surface area contributed by atoms with E-state index in [-0.39, 0.29) is 11.5 Å². The second-order valence-corrected chi connectivity index (χ2v) is 7.87. The van der Waals surface area contributed by atoms with E-state index in [0.29, 0.717) is 20.7 Å². The second kappa shape index (κ2) is 7.07. The molecule has 0 saturated carbocycles. The topological polar surface area (TPSA) is 29.1 Å². The third kappa shape index (κ3) is 5.07. The number of hydrogen-bond donors (Lipinski definition) is 1. The van der Waals surface area contributed by atoms with Crippen LogP contribution in [0.25, 0.3) is 0 Å². The van der Waals surface area contributed by atoms with Crippen LogP contribution in [0.2, 0.25) is 10.0 Å². The monoisotopic (exact) mass is 321 g/mol. The number of hydrogen-bond acceptors (Lipinski definition) is 2. The molecule has 0 aliphatic carbocycles. The quantitative estimate of drug-likeness (QED) is 0.883. The summed E-state index contributed by atoms with van der Waals surface area (Å²) in [6, 6.07) is 5.24. The van der Waals surface area contributed by atoms with Gasteiger partial charge in [0.25, 0.3) is 0 Å². The largest absolute Gasteiger partial charge is 0.313 e. The second-order valence-electron chi connectivity index (χ2n) is 5.56. The third-order valence-corrected chi connectivity index (χ3v) is 5.09. The van der Waals surface area contributed by atoms with E-state index >= 15 is 0 Å². The molecule has 0 aliphatic rings. The molecule has 0 fully saturated rings. The number of halogens is 2. The fourth-order valence-electron chi connectivity index (χ4n) is 1.75. The minimum atomic E-state index is -1.16. The Hall–Kier alpha value is -0.0900. The molecule has 19 heavy (non-hydrogen) atoms. The van der Waals surface area contributed by atoms with Gasteiger partial charge in [0.1, 0.15) is 0 Å². The first kappa shape index (κ1) is 17.0. The van der Waals surface area contributed by atoms with Crippen molar-refractivity contribution in [2.24, 2.45) is 5.41 Å². The van der Waals surface area contributed by atoms with Crippen LogP contribution in [-0.4, -0.2) is 22.5 Å². The minimum Gasteiger partial charge on any atom is -0.313 e. The normalized spacial score (nSPS) is 15.3. The Kier molecular flexibility index (Phi) is 6.31. The van der Waals surface area contributed by atoms with Crippen LogP contribution in [0.1, 0.15) is 27.7 Å². The van der Waals surface area contributed by atoms with Gasteiger partial charge in [-0.1, -0.05) is 50.9 Å². The molecule has 5 heteroatoms. The molecule has 1 N–H and O–H groups in total. The van der Waals surface area contributed by atoms with Crippen molar-refractivity contribution in [3.05, 3.63) is 28.2 Å². The maximum atomic E-state index is 12.5. The number of benzene rings is 1. The zero-order valence-electron chi connectivity index (χ0n) is 11.8. The molecule has 0 amide bonds. The van der Waals surface area contributed by atoms with Gasteiger partial charge in [-0.15, -0.1) is 0 Å². The van der Waals surface area contributed by atoms with Gasteiger partial charge in [-0.2, -0.15) is 0 Å². The van der Waals surface area contributed by atoms with Gasteiger partial charge in [0, 0.05) is 16.8 Å². The standard InChI is InChI=1S/C14H21Cl2NOS/c1-5-17-13(14(2,3)4)9-19(18)12-8-10(15)6-7-11(12)16/h6-8,13,17H,5,9H2,1-4H3. The molecule has 2 unspecified atom stereocenters. The fourth-order valence-corrected chi connectivity index (χ4v) is 4.01. The van der Waals surface area contributed by atoms with Gasteiger partial charge in [0.15, 0.2) is 0 Å². The first-order valence-electron chi connectivity index (χ1n) is 6.32. The number of rotatable bonds is 5. The van der Waals surface area contributed by atoms with Gasteiger partial charge in [-0.3, -0.25) is 4.21 Å². The Labute approximate surface area is 128 Å². The lowest BCUT2D eigenvalue weighted by molar-refractivity contribution is 0.294. The Morgan fingerprint density at radius 1 is 1.32 bits per heavy atom. The molecule has 2 atom stereocenters. The van der Waals surface area contributed by atoms with Crippen molar-refractivity contribution in [2.75, 3.05) is 12.3 Å². The molecule has 1 aromatic rings. The van der Waals surface area contributed by atoms with E-state index in [1.54, 1.807) is 18.2 Å². The SMILES string of the molecule is CCNC(CS(=O)c1cc(Cl)ccc1Cl)C(C)(C)C. The van der Waals surface area contributed by atoms with Gasteiger partial charge in [0.05, 0.1) is 20.7 Å². The van der Waals surface area contributed by atoms with Crippen molar-refractivity contribution >= 4 is 34.0 Å². The molecular formula is C14H21Cl2NOS. The van der Waals surface area contributed by atoms with E-state index in [2.05, 4.69) is 26.1 Å². The van der Waals surface area contributed by atoms with Crippen LogP contribution in [0, 0.1) is 5.41 Å². The van der Waals surface area contributed by atoms with E-state index in [1.807, 2.05) is 6.92 Å². The average molecular weight is 322 g/mol. The van der Waals surface area contributed by atoms with Crippen molar-refractivity contribution in [2.45, 2.75) is 38.6 Å². The Bertz CT molecular complexity index is 457. The third-order valence-electron chi connectivity index (χ3n) is 2.95. The van der Waals surface area contributed by atoms with Gasteiger partial charge in [-0.05, 0) is 30.2 Å². The van der Waals surface area contributed by atoms with Crippen LogP contribution in [0.3, 0.4) is 0 Å². The molecule has 2 nitrogen and oxygen atoms in total. The molecular weight excluding hydrogens is 301 g/mol. The molecule has 0 heterocycles. The van der Waals surface area contributed by atoms with Crippen molar-refractivity contribution in [3.63, 3.8) is 0 Å². The summed E-state index contributed by atoms with van der Waals surface area (Å²) in [5.41, 5.74) is 0.0384. The Balaban J connectivity index is 2.91. The van der Waals surface area contributed by atoms with E-state index in [1.165, 1.54) is 0 Å². The molecule has 0 radical (unpaired) electrons. The van der Waals surface area contributed by atoms with Crippen LogP contribution < -0.4 is 5.32 Å². The summed E-state index contributed by atoms with van der Waals surface area (Å²) in [6.07, 6.45) is 0. The molecule has 0 bridgehead atoms. The molecule has 108 valence electrons. The zero-order chi connectivity index (χ0) is 14.6. The minimum absolute atomic E-state index is 0.0384. The lowest BCUT2D eigenvalue weighted by Gasteiger charge is -2.31. The first-order valence-corrected chi connectivity index (χ1v) is 8.40. The fraction of sp³-hybridized carbons (Fsp3) is 0.571. The molecule has 1 rings (SSSR count). The van der Waals surface area contributed by atoms with Gasteiger partial charge < -0.3 is 5.32 Å². The Morgan fingerprint density at radius 2 is 1.95 bits per heavy atom. The van der Waals surface area contributed by atoms with E-state index in [0.717, 1.165) is 6.54 Å². The van der Waals surface area contributed by atoms with Gasteiger partial charge >= 0.3 is 0 Å². The van der Waals surface area contributed by atoms with Gasteiger partial charge in [-0.25, -0.2) is 0 Å². The van der Waals surface area contributed by atoms with Crippen molar-refractivity contribution in [3.8, 4) is 0 Å². The van der Waals surface area contributed by atoms with E-state index in [4.69, 9.17) is 23.2 Å². The number of nitrogens with one attached hydrogen (secondary N) is 1. The zero-order valence-corrected chi connectivity index (χ0v) is 14.1. The van der Waals surface area contributed by atoms with Crippen LogP contribution in [0.15, 0.2) is 23.1 Å². The summed E-state index contributed by atoms with van der Waals surface area (Å²) in [5.74, 6) is 0.525. The molecule has 1 aromatic carbocycles. The highest BCUT2D eigenvalue weighted by molar-refractivity contribution is 7.85. The summed E-state index contributed by atoms with van der Waals surface area (Å²) in [5, 5.41) is 4.45. The lowest BCUT2D eigenvalue weighted by Crippen LogP contribution is -2.44. The first-order chi connectivity index (χ1) is 8.75. The molecule has 0 saturated heterocycles. The Morgan fingerprint density at radius 3 is 2.47 bits per heavy atom. The van der Waals surface area contributed by atoms with Crippen molar-refractivity contribution in [1.82, 2.24) is 5.32 Å². The maximum absolute atomic E-state index is 12.5. The highest BCUT2D eigenvalue weighted by atomic mass is 35.5. The van der Waals surface area contributed by atoms with Gasteiger partial charge in [0.2, 0.25) is 0 Å². The predicted octanol–water partition coefficient (Wildman–Crippen LogP) is 4.13. The molecule has 0 spiro atoms. The summed E-state index contributed by atoms with van der Waals surface area (Å²) in [6.45, 7) is 9.31. The van der Waals surface area contributed by atoms with Crippen LogP contribution in [-0.2, 0) is 10.8 Å². The summed E-state index contributed by atoms with van der Waals surface area (Å²) < 4.78 is 12.5. The highest BCUT2D eigenvalue weighted by Crippen LogP contribution is 2.27. The average Bonchev–Trinajstić information content (AvgIpc) is 2.30. The van der Waals surface area contributed by atoms with E-state index in [9.17, 15) is 4.21 Å². The highest BCUT2D eigenvalue weighted by Gasteiger charge is 2.26. The lowest BCUT2D eigenvalue weighted by atomic mass is 9.88. The van der Waals surface area contributed by atoms with Crippen molar-refractivity contribution in [1.29, 1.82) is 0 Å².